The van der Waals surface area contributed by atoms with Crippen LogP contribution in [0, 0.1) is 0 Å². The van der Waals surface area contributed by atoms with Crippen LogP contribution in [0.15, 0.2) is 12.1 Å². The van der Waals surface area contributed by atoms with Crippen molar-refractivity contribution in [2.45, 2.75) is 0 Å². The van der Waals surface area contributed by atoms with Gasteiger partial charge in [-0.15, -0.1) is 0 Å². The third-order valence-electron chi connectivity index (χ3n) is 2.71. The van der Waals surface area contributed by atoms with E-state index in [-0.39, 0.29) is 10.8 Å². The Morgan fingerprint density at radius 1 is 1.40 bits per heavy atom. The summed E-state index contributed by atoms with van der Waals surface area (Å²) in [5.74, 6) is -0.183. The van der Waals surface area contributed by atoms with E-state index in [1.807, 2.05) is 0 Å². The monoisotopic (exact) mass is 312 g/mol. The van der Waals surface area contributed by atoms with E-state index in [1.165, 1.54) is 0 Å². The number of thiazole rings is 1. The molecule has 0 saturated heterocycles. The fourth-order valence-corrected chi connectivity index (χ4v) is 3.00. The molecule has 1 aromatic heterocycles. The number of nitrogens with two attached hydrogens (primary N) is 1. The Morgan fingerprint density at radius 3 is 2.90 bits per heavy atom. The zero-order chi connectivity index (χ0) is 14.3. The summed E-state index contributed by atoms with van der Waals surface area (Å²) in [6.45, 7) is 0.851. The van der Waals surface area contributed by atoms with Crippen molar-refractivity contribution >= 4 is 34.0 Å². The minimum atomic E-state index is -1.14. The Morgan fingerprint density at radius 2 is 2.15 bits per heavy atom. The average Bonchev–Trinajstić information content (AvgIpc) is 2.81. The van der Waals surface area contributed by atoms with Gasteiger partial charge in [-0.3, -0.25) is 0 Å². The van der Waals surface area contributed by atoms with E-state index in [9.17, 15) is 4.79 Å². The van der Waals surface area contributed by atoms with Gasteiger partial charge in [0.05, 0.1) is 9.90 Å². The first-order valence-electron chi connectivity index (χ1n) is 5.65. The second-order valence-electron chi connectivity index (χ2n) is 4.02. The number of benzene rings is 1. The summed E-state index contributed by atoms with van der Waals surface area (Å²) >= 11 is 7.22. The van der Waals surface area contributed by atoms with Gasteiger partial charge in [0.2, 0.25) is 0 Å². The maximum absolute atomic E-state index is 11.2. The molecule has 2 aromatic rings. The molecule has 8 heteroatoms. The van der Waals surface area contributed by atoms with Gasteiger partial charge in [0.1, 0.15) is 13.2 Å². The molecule has 20 heavy (non-hydrogen) atoms. The molecule has 0 atom stereocenters. The molecule has 0 amide bonds. The normalized spacial score (nSPS) is 13.2. The van der Waals surface area contributed by atoms with E-state index in [1.54, 1.807) is 12.1 Å². The topological polar surface area (TPSA) is 94.7 Å². The molecule has 0 radical (unpaired) electrons. The van der Waals surface area contributed by atoms with Crippen LogP contribution in [0.4, 0.5) is 5.13 Å². The zero-order valence-corrected chi connectivity index (χ0v) is 11.6. The molecular formula is C12H9ClN2O4S. The number of carboxylic acid groups (broad SMARTS) is 1. The number of nitrogens with zero attached hydrogens (tertiary/aromatic N) is 1. The number of anilines is 1. The summed E-state index contributed by atoms with van der Waals surface area (Å²) in [6, 6.07) is 3.30. The van der Waals surface area contributed by atoms with Crippen molar-refractivity contribution in [1.29, 1.82) is 0 Å². The van der Waals surface area contributed by atoms with Crippen LogP contribution in [-0.4, -0.2) is 29.3 Å². The van der Waals surface area contributed by atoms with Crippen molar-refractivity contribution in [3.05, 3.63) is 22.8 Å². The van der Waals surface area contributed by atoms with Gasteiger partial charge >= 0.3 is 5.97 Å². The van der Waals surface area contributed by atoms with Crippen LogP contribution in [0.1, 0.15) is 10.5 Å². The first-order chi connectivity index (χ1) is 9.56. The van der Waals surface area contributed by atoms with Crippen molar-refractivity contribution in [3.63, 3.8) is 0 Å². The number of fused-ring (bicyclic) bond motifs is 1. The van der Waals surface area contributed by atoms with Gasteiger partial charge < -0.3 is 20.3 Å². The van der Waals surface area contributed by atoms with E-state index in [4.69, 9.17) is 31.9 Å². The summed E-state index contributed by atoms with van der Waals surface area (Å²) in [7, 11) is 0. The van der Waals surface area contributed by atoms with Gasteiger partial charge in [0.15, 0.2) is 22.3 Å². The van der Waals surface area contributed by atoms with Gasteiger partial charge in [-0.25, -0.2) is 9.78 Å². The molecule has 0 unspecified atom stereocenters. The summed E-state index contributed by atoms with van der Waals surface area (Å²) in [5, 5.41) is 9.69. The number of hydrogen-bond donors (Lipinski definition) is 2. The van der Waals surface area contributed by atoms with Gasteiger partial charge in [-0.1, -0.05) is 22.9 Å². The Hall–Kier alpha value is -1.99. The third-order valence-corrected chi connectivity index (χ3v) is 3.92. The third kappa shape index (κ3) is 2.14. The molecule has 0 fully saturated rings. The zero-order valence-electron chi connectivity index (χ0n) is 10.1. The molecule has 0 aliphatic carbocycles. The lowest BCUT2D eigenvalue weighted by Gasteiger charge is -2.20. The van der Waals surface area contributed by atoms with Crippen molar-refractivity contribution in [2.24, 2.45) is 0 Å². The van der Waals surface area contributed by atoms with Crippen molar-refractivity contribution in [1.82, 2.24) is 4.98 Å². The molecular weight excluding hydrogens is 304 g/mol. The molecule has 3 N–H and O–H groups in total. The van der Waals surface area contributed by atoms with Crippen molar-refractivity contribution < 1.29 is 19.4 Å². The van der Waals surface area contributed by atoms with Gasteiger partial charge in [-0.05, 0) is 17.7 Å². The van der Waals surface area contributed by atoms with Crippen molar-refractivity contribution in [2.75, 3.05) is 18.9 Å². The van der Waals surface area contributed by atoms with Crippen molar-refractivity contribution in [3.8, 4) is 21.9 Å². The summed E-state index contributed by atoms with van der Waals surface area (Å²) in [5.41, 5.74) is 6.08. The minimum absolute atomic E-state index is 0.0970. The quantitative estimate of drug-likeness (QED) is 0.884. The number of nitrogen functional groups attached to an aromatic ring is 1. The van der Waals surface area contributed by atoms with Gasteiger partial charge in [0.25, 0.3) is 0 Å². The van der Waals surface area contributed by atoms with Crippen LogP contribution < -0.4 is 15.2 Å². The number of aromatic nitrogens is 1. The van der Waals surface area contributed by atoms with E-state index in [2.05, 4.69) is 4.98 Å². The minimum Gasteiger partial charge on any atom is -0.486 e. The molecule has 104 valence electrons. The van der Waals surface area contributed by atoms with E-state index in [0.717, 1.165) is 11.3 Å². The fourth-order valence-electron chi connectivity index (χ4n) is 1.92. The lowest BCUT2D eigenvalue weighted by molar-refractivity contribution is 0.0692. The van der Waals surface area contributed by atoms with Crippen LogP contribution in [0.25, 0.3) is 10.4 Å². The second kappa shape index (κ2) is 4.84. The fraction of sp³-hybridized carbons (Fsp3) is 0.167. The number of carbonyl (C=O) groups is 1. The van der Waals surface area contributed by atoms with Crippen LogP contribution in [0.2, 0.25) is 5.02 Å². The summed E-state index contributed by atoms with van der Waals surface area (Å²) in [6.07, 6.45) is 0. The molecule has 1 aliphatic heterocycles. The molecule has 3 rings (SSSR count). The molecule has 0 spiro atoms. The Balaban J connectivity index is 2.16. The highest BCUT2D eigenvalue weighted by Crippen LogP contribution is 2.43. The number of ether oxygens (including phenoxy) is 2. The molecule has 0 bridgehead atoms. The summed E-state index contributed by atoms with van der Waals surface area (Å²) < 4.78 is 10.9. The molecule has 2 heterocycles. The van der Waals surface area contributed by atoms with E-state index >= 15 is 0 Å². The number of carboxylic acids is 1. The average molecular weight is 313 g/mol. The largest absolute Gasteiger partial charge is 0.486 e. The SMILES string of the molecule is Nc1nc(C(=O)O)c(-c2cc(Cl)c3c(c2)OCCO3)s1. The smallest absolute Gasteiger partial charge is 0.356 e. The Labute approximate surface area is 122 Å². The Kier molecular flexibility index (Phi) is 3.15. The van der Waals surface area contributed by atoms with Crippen LogP contribution in [0.5, 0.6) is 11.5 Å². The van der Waals surface area contributed by atoms with Crippen LogP contribution in [-0.2, 0) is 0 Å². The van der Waals surface area contributed by atoms with Crippen LogP contribution >= 0.6 is 22.9 Å². The molecule has 0 saturated carbocycles. The van der Waals surface area contributed by atoms with E-state index in [0.29, 0.717) is 40.2 Å². The highest BCUT2D eigenvalue weighted by atomic mass is 35.5. The number of halogens is 1. The van der Waals surface area contributed by atoms with Gasteiger partial charge in [0, 0.05) is 0 Å². The number of rotatable bonds is 2. The number of aromatic carboxylic acids is 1. The molecule has 1 aromatic carbocycles. The maximum Gasteiger partial charge on any atom is 0.356 e. The summed E-state index contributed by atoms with van der Waals surface area (Å²) in [4.78, 5) is 15.4. The predicted molar refractivity (Wildman–Crippen MR) is 74.9 cm³/mol. The lowest BCUT2D eigenvalue weighted by Crippen LogP contribution is -2.15. The highest BCUT2D eigenvalue weighted by Gasteiger charge is 2.22. The number of hydrogen-bond acceptors (Lipinski definition) is 6. The maximum atomic E-state index is 11.2. The predicted octanol–water partition coefficient (Wildman–Crippen LogP) is 2.52. The first-order valence-corrected chi connectivity index (χ1v) is 6.85. The van der Waals surface area contributed by atoms with E-state index < -0.39 is 5.97 Å². The second-order valence-corrected chi connectivity index (χ2v) is 5.46. The Bertz CT molecular complexity index is 701. The standard InChI is InChI=1S/C12H9ClN2O4S/c13-6-3-5(4-7-9(6)19-2-1-18-7)10-8(11(16)17)15-12(14)20-10/h3-4H,1-2H2,(H2,14,15)(H,16,17). The molecule has 1 aliphatic rings. The highest BCUT2D eigenvalue weighted by molar-refractivity contribution is 7.19. The van der Waals surface area contributed by atoms with Gasteiger partial charge in [-0.2, -0.15) is 0 Å². The lowest BCUT2D eigenvalue weighted by atomic mass is 10.1. The molecule has 6 nitrogen and oxygen atoms in total. The first kappa shape index (κ1) is 13.0. The van der Waals surface area contributed by atoms with Crippen LogP contribution in [0.3, 0.4) is 0 Å².